The molecule has 4 nitrogen and oxygen atoms in total. The molecule has 14 heavy (non-hydrogen) atoms. The Bertz CT molecular complexity index is 200. The molecule has 0 aromatic carbocycles. The maximum absolute atomic E-state index is 10.6. The lowest BCUT2D eigenvalue weighted by atomic mass is 9.90. The average Bonchev–Trinajstić information content (AvgIpc) is 2.03. The summed E-state index contributed by atoms with van der Waals surface area (Å²) in [5.74, 6) is -1.20. The van der Waals surface area contributed by atoms with E-state index in [4.69, 9.17) is 5.11 Å². The third kappa shape index (κ3) is 4.58. The van der Waals surface area contributed by atoms with Crippen LogP contribution in [0, 0.1) is 5.41 Å². The van der Waals surface area contributed by atoms with Gasteiger partial charge in [0.2, 0.25) is 0 Å². The Labute approximate surface area is 85.3 Å². The van der Waals surface area contributed by atoms with Crippen LogP contribution in [0.25, 0.3) is 0 Å². The molecule has 3 N–H and O–H groups in total. The van der Waals surface area contributed by atoms with Crippen LogP contribution in [0.5, 0.6) is 0 Å². The standard InChI is InChI=1S/C10H21NO3/c1-5-9(2,3)6-11-7-10(4,14)8(12)13/h11,14H,5-7H2,1-4H3,(H,12,13). The Kier molecular flexibility index (Phi) is 4.55. The summed E-state index contributed by atoms with van der Waals surface area (Å²) < 4.78 is 0. The van der Waals surface area contributed by atoms with Crippen molar-refractivity contribution in [1.29, 1.82) is 0 Å². The van der Waals surface area contributed by atoms with Crippen LogP contribution in [0.15, 0.2) is 0 Å². The maximum Gasteiger partial charge on any atom is 0.336 e. The van der Waals surface area contributed by atoms with Crippen molar-refractivity contribution in [3.63, 3.8) is 0 Å². The Hall–Kier alpha value is -0.610. The number of aliphatic carboxylic acids is 1. The fourth-order valence-corrected chi connectivity index (χ4v) is 0.845. The molecule has 0 aliphatic rings. The molecule has 0 fully saturated rings. The van der Waals surface area contributed by atoms with E-state index in [-0.39, 0.29) is 12.0 Å². The fraction of sp³-hybridized carbons (Fsp3) is 0.900. The Balaban J connectivity index is 3.91. The first-order valence-electron chi connectivity index (χ1n) is 4.88. The second-order valence-corrected chi connectivity index (χ2v) is 4.70. The summed E-state index contributed by atoms with van der Waals surface area (Å²) in [4.78, 5) is 10.6. The first-order valence-corrected chi connectivity index (χ1v) is 4.88. The molecule has 0 bridgehead atoms. The van der Waals surface area contributed by atoms with Gasteiger partial charge in [-0.3, -0.25) is 0 Å². The fourth-order valence-electron chi connectivity index (χ4n) is 0.845. The van der Waals surface area contributed by atoms with Crippen LogP contribution < -0.4 is 5.32 Å². The van der Waals surface area contributed by atoms with Crippen molar-refractivity contribution in [3.8, 4) is 0 Å². The Morgan fingerprint density at radius 3 is 2.14 bits per heavy atom. The minimum absolute atomic E-state index is 0.0752. The summed E-state index contributed by atoms with van der Waals surface area (Å²) in [6, 6.07) is 0. The number of carbonyl (C=O) groups is 1. The number of aliphatic hydroxyl groups is 1. The molecule has 0 saturated carbocycles. The van der Waals surface area contributed by atoms with E-state index in [1.165, 1.54) is 6.92 Å². The van der Waals surface area contributed by atoms with E-state index in [1.807, 2.05) is 0 Å². The molecule has 0 saturated heterocycles. The van der Waals surface area contributed by atoms with E-state index >= 15 is 0 Å². The van der Waals surface area contributed by atoms with Crippen LogP contribution in [-0.4, -0.2) is 34.9 Å². The van der Waals surface area contributed by atoms with Crippen molar-refractivity contribution >= 4 is 5.97 Å². The normalized spacial score (nSPS) is 16.4. The average molecular weight is 203 g/mol. The highest BCUT2D eigenvalue weighted by molar-refractivity contribution is 5.76. The minimum Gasteiger partial charge on any atom is -0.479 e. The van der Waals surface area contributed by atoms with Crippen LogP contribution in [0.3, 0.4) is 0 Å². The van der Waals surface area contributed by atoms with Crippen LogP contribution in [0.4, 0.5) is 0 Å². The molecule has 0 amide bonds. The molecule has 0 radical (unpaired) electrons. The summed E-state index contributed by atoms with van der Waals surface area (Å²) in [5, 5.41) is 21.0. The van der Waals surface area contributed by atoms with E-state index in [9.17, 15) is 9.90 Å². The SMILES string of the molecule is CCC(C)(C)CNCC(C)(O)C(=O)O. The van der Waals surface area contributed by atoms with Crippen LogP contribution in [0.2, 0.25) is 0 Å². The molecule has 1 atom stereocenters. The first-order chi connectivity index (χ1) is 6.21. The van der Waals surface area contributed by atoms with Gasteiger partial charge in [0.15, 0.2) is 5.60 Å². The van der Waals surface area contributed by atoms with Gasteiger partial charge in [-0.25, -0.2) is 4.79 Å². The Morgan fingerprint density at radius 1 is 1.29 bits per heavy atom. The van der Waals surface area contributed by atoms with Gasteiger partial charge < -0.3 is 15.5 Å². The van der Waals surface area contributed by atoms with Crippen LogP contribution in [0.1, 0.15) is 34.1 Å². The zero-order chi connectivity index (χ0) is 11.4. The van der Waals surface area contributed by atoms with Gasteiger partial charge in [0, 0.05) is 13.1 Å². The summed E-state index contributed by atoms with van der Waals surface area (Å²) in [6.45, 7) is 8.34. The van der Waals surface area contributed by atoms with E-state index < -0.39 is 11.6 Å². The predicted octanol–water partition coefficient (Wildman–Crippen LogP) is 0.848. The van der Waals surface area contributed by atoms with E-state index in [2.05, 4.69) is 26.1 Å². The molecule has 1 unspecified atom stereocenters. The van der Waals surface area contributed by atoms with Crippen molar-refractivity contribution in [3.05, 3.63) is 0 Å². The van der Waals surface area contributed by atoms with Crippen molar-refractivity contribution in [2.45, 2.75) is 39.7 Å². The maximum atomic E-state index is 10.6. The highest BCUT2D eigenvalue weighted by atomic mass is 16.4. The molecule has 84 valence electrons. The third-order valence-electron chi connectivity index (χ3n) is 2.49. The number of carboxylic acid groups (broad SMARTS) is 1. The first kappa shape index (κ1) is 13.4. The number of nitrogens with one attached hydrogen (secondary N) is 1. The highest BCUT2D eigenvalue weighted by Gasteiger charge is 2.29. The van der Waals surface area contributed by atoms with Gasteiger partial charge in [0.25, 0.3) is 0 Å². The van der Waals surface area contributed by atoms with Crippen molar-refractivity contribution in [2.24, 2.45) is 5.41 Å². The summed E-state index contributed by atoms with van der Waals surface area (Å²) >= 11 is 0. The smallest absolute Gasteiger partial charge is 0.336 e. The van der Waals surface area contributed by atoms with Gasteiger partial charge in [-0.15, -0.1) is 0 Å². The van der Waals surface area contributed by atoms with Crippen molar-refractivity contribution in [1.82, 2.24) is 5.32 Å². The quantitative estimate of drug-likeness (QED) is 0.598. The topological polar surface area (TPSA) is 69.6 Å². The van der Waals surface area contributed by atoms with Gasteiger partial charge in [0.1, 0.15) is 0 Å². The van der Waals surface area contributed by atoms with Gasteiger partial charge in [0.05, 0.1) is 0 Å². The number of hydrogen-bond donors (Lipinski definition) is 3. The van der Waals surface area contributed by atoms with Crippen molar-refractivity contribution in [2.75, 3.05) is 13.1 Å². The van der Waals surface area contributed by atoms with Crippen LogP contribution >= 0.6 is 0 Å². The number of hydrogen-bond acceptors (Lipinski definition) is 3. The van der Waals surface area contributed by atoms with Crippen LogP contribution in [-0.2, 0) is 4.79 Å². The number of rotatable bonds is 6. The van der Waals surface area contributed by atoms with E-state index in [0.29, 0.717) is 6.54 Å². The molecule has 0 rings (SSSR count). The molecular formula is C10H21NO3. The third-order valence-corrected chi connectivity index (χ3v) is 2.49. The zero-order valence-corrected chi connectivity index (χ0v) is 9.42. The Morgan fingerprint density at radius 2 is 1.79 bits per heavy atom. The lowest BCUT2D eigenvalue weighted by Crippen LogP contribution is -2.46. The monoisotopic (exact) mass is 203 g/mol. The lowest BCUT2D eigenvalue weighted by Gasteiger charge is -2.25. The van der Waals surface area contributed by atoms with Gasteiger partial charge in [-0.2, -0.15) is 0 Å². The zero-order valence-electron chi connectivity index (χ0n) is 9.42. The summed E-state index contributed by atoms with van der Waals surface area (Å²) in [5.41, 5.74) is -1.54. The molecule has 0 heterocycles. The summed E-state index contributed by atoms with van der Waals surface area (Å²) in [7, 11) is 0. The minimum atomic E-state index is -1.68. The molecule has 0 aromatic heterocycles. The molecule has 0 spiro atoms. The molecule has 0 aliphatic carbocycles. The van der Waals surface area contributed by atoms with E-state index in [0.717, 1.165) is 6.42 Å². The summed E-state index contributed by atoms with van der Waals surface area (Å²) in [6.07, 6.45) is 1.01. The predicted molar refractivity (Wildman–Crippen MR) is 55.2 cm³/mol. The lowest BCUT2D eigenvalue weighted by molar-refractivity contribution is -0.156. The molecular weight excluding hydrogens is 182 g/mol. The van der Waals surface area contributed by atoms with Gasteiger partial charge >= 0.3 is 5.97 Å². The molecule has 0 aromatic rings. The van der Waals surface area contributed by atoms with Gasteiger partial charge in [-0.1, -0.05) is 20.8 Å². The number of carboxylic acids is 1. The largest absolute Gasteiger partial charge is 0.479 e. The highest BCUT2D eigenvalue weighted by Crippen LogP contribution is 2.17. The second kappa shape index (κ2) is 4.75. The second-order valence-electron chi connectivity index (χ2n) is 4.70. The molecule has 4 heteroatoms. The van der Waals surface area contributed by atoms with Crippen molar-refractivity contribution < 1.29 is 15.0 Å². The molecule has 0 aliphatic heterocycles. The van der Waals surface area contributed by atoms with Gasteiger partial charge in [-0.05, 0) is 18.8 Å². The van der Waals surface area contributed by atoms with E-state index in [1.54, 1.807) is 0 Å².